The van der Waals surface area contributed by atoms with Gasteiger partial charge in [-0.15, -0.1) is 11.3 Å². The van der Waals surface area contributed by atoms with Gasteiger partial charge in [0.05, 0.1) is 0 Å². The molecule has 1 aromatic heterocycles. The molecule has 2 nitrogen and oxygen atoms in total. The van der Waals surface area contributed by atoms with Crippen molar-refractivity contribution in [2.24, 2.45) is 5.73 Å². The van der Waals surface area contributed by atoms with Gasteiger partial charge in [0.25, 0.3) is 0 Å². The van der Waals surface area contributed by atoms with Gasteiger partial charge < -0.3 is 11.5 Å². The minimum absolute atomic E-state index is 0.362. The number of anilines is 1. The van der Waals surface area contributed by atoms with Crippen LogP contribution in [0.2, 0.25) is 0 Å². The summed E-state index contributed by atoms with van der Waals surface area (Å²) in [6, 6.07) is 0.362. The third-order valence-electron chi connectivity index (χ3n) is 2.23. The molecule has 0 aliphatic heterocycles. The van der Waals surface area contributed by atoms with E-state index in [4.69, 9.17) is 11.5 Å². The minimum atomic E-state index is 0.362. The van der Waals surface area contributed by atoms with Gasteiger partial charge in [0.15, 0.2) is 0 Å². The van der Waals surface area contributed by atoms with Gasteiger partial charge in [-0.25, -0.2) is 0 Å². The Kier molecular flexibility index (Phi) is 1.62. The van der Waals surface area contributed by atoms with E-state index in [1.54, 1.807) is 11.3 Å². The highest BCUT2D eigenvalue weighted by Gasteiger charge is 2.18. The number of fused-ring (bicyclic) bond motifs is 1. The molecular formula is C8H12N2S. The molecule has 1 aromatic rings. The molecule has 1 aliphatic carbocycles. The Morgan fingerprint density at radius 2 is 2.36 bits per heavy atom. The van der Waals surface area contributed by atoms with E-state index in [-0.39, 0.29) is 0 Å². The number of nitrogen functional groups attached to an aromatic ring is 1. The molecule has 11 heavy (non-hydrogen) atoms. The Morgan fingerprint density at radius 3 is 3.18 bits per heavy atom. The zero-order chi connectivity index (χ0) is 7.84. The Balaban J connectivity index is 2.36. The lowest BCUT2D eigenvalue weighted by molar-refractivity contribution is 0.585. The molecule has 3 heteroatoms. The van der Waals surface area contributed by atoms with Gasteiger partial charge in [0, 0.05) is 22.0 Å². The summed E-state index contributed by atoms with van der Waals surface area (Å²) in [5.74, 6) is 0. The van der Waals surface area contributed by atoms with Crippen molar-refractivity contribution in [1.29, 1.82) is 0 Å². The molecule has 0 saturated heterocycles. The van der Waals surface area contributed by atoms with E-state index in [9.17, 15) is 0 Å². The summed E-state index contributed by atoms with van der Waals surface area (Å²) in [4.78, 5) is 1.40. The van der Waals surface area contributed by atoms with E-state index >= 15 is 0 Å². The summed E-state index contributed by atoms with van der Waals surface area (Å²) >= 11 is 1.75. The molecule has 0 amide bonds. The van der Waals surface area contributed by atoms with Gasteiger partial charge in [0.2, 0.25) is 0 Å². The third-order valence-corrected chi connectivity index (χ3v) is 3.30. The molecule has 60 valence electrons. The quantitative estimate of drug-likeness (QED) is 0.610. The van der Waals surface area contributed by atoms with Crippen LogP contribution in [0.15, 0.2) is 5.38 Å². The average Bonchev–Trinajstić information content (AvgIpc) is 2.32. The molecule has 0 bridgehead atoms. The van der Waals surface area contributed by atoms with E-state index in [0.29, 0.717) is 6.04 Å². The number of thiophene rings is 1. The molecular weight excluding hydrogens is 156 g/mol. The van der Waals surface area contributed by atoms with Crippen molar-refractivity contribution in [1.82, 2.24) is 0 Å². The summed E-state index contributed by atoms with van der Waals surface area (Å²) in [6.07, 6.45) is 3.19. The molecule has 1 atom stereocenters. The predicted molar refractivity (Wildman–Crippen MR) is 48.7 cm³/mol. The molecule has 0 fully saturated rings. The van der Waals surface area contributed by atoms with Crippen LogP contribution in [0.3, 0.4) is 0 Å². The lowest BCUT2D eigenvalue weighted by Gasteiger charge is -2.17. The van der Waals surface area contributed by atoms with Gasteiger partial charge in [-0.2, -0.15) is 0 Å². The topological polar surface area (TPSA) is 52.0 Å². The van der Waals surface area contributed by atoms with Crippen LogP contribution < -0.4 is 11.5 Å². The molecule has 0 spiro atoms. The van der Waals surface area contributed by atoms with Gasteiger partial charge in [-0.1, -0.05) is 0 Å². The zero-order valence-corrected chi connectivity index (χ0v) is 7.16. The van der Waals surface area contributed by atoms with Crippen LogP contribution in [0.5, 0.6) is 0 Å². The molecule has 2 rings (SSSR count). The van der Waals surface area contributed by atoms with Gasteiger partial charge in [-0.05, 0) is 24.8 Å². The highest BCUT2D eigenvalue weighted by Crippen LogP contribution is 2.31. The van der Waals surface area contributed by atoms with Crippen LogP contribution in [0, 0.1) is 0 Å². The lowest BCUT2D eigenvalue weighted by atomic mass is 9.95. The van der Waals surface area contributed by atoms with Crippen LogP contribution >= 0.6 is 11.3 Å². The SMILES string of the molecule is Nc1csc2c1CCC(N)C2. The Labute approximate surface area is 70.2 Å². The normalized spacial score (nSPS) is 23.2. The summed E-state index contributed by atoms with van der Waals surface area (Å²) in [6.45, 7) is 0. The predicted octanol–water partition coefficient (Wildman–Crippen LogP) is 1.15. The van der Waals surface area contributed by atoms with E-state index in [0.717, 1.165) is 24.9 Å². The van der Waals surface area contributed by atoms with Crippen LogP contribution in [0.1, 0.15) is 16.9 Å². The second-order valence-electron chi connectivity index (χ2n) is 3.10. The van der Waals surface area contributed by atoms with E-state index in [1.165, 1.54) is 10.4 Å². The molecule has 4 N–H and O–H groups in total. The Morgan fingerprint density at radius 1 is 1.55 bits per heavy atom. The lowest BCUT2D eigenvalue weighted by Crippen LogP contribution is -2.27. The van der Waals surface area contributed by atoms with Crippen LogP contribution in [-0.2, 0) is 12.8 Å². The number of hydrogen-bond acceptors (Lipinski definition) is 3. The molecule has 1 heterocycles. The van der Waals surface area contributed by atoms with Gasteiger partial charge in [0.1, 0.15) is 0 Å². The fourth-order valence-electron chi connectivity index (χ4n) is 1.56. The second-order valence-corrected chi connectivity index (χ2v) is 4.06. The van der Waals surface area contributed by atoms with Crippen LogP contribution in [-0.4, -0.2) is 6.04 Å². The van der Waals surface area contributed by atoms with Crippen molar-refractivity contribution < 1.29 is 0 Å². The summed E-state index contributed by atoms with van der Waals surface area (Å²) in [5, 5.41) is 2.03. The van der Waals surface area contributed by atoms with Crippen molar-refractivity contribution in [3.05, 3.63) is 15.8 Å². The van der Waals surface area contributed by atoms with Crippen molar-refractivity contribution in [2.75, 3.05) is 5.73 Å². The minimum Gasteiger partial charge on any atom is -0.398 e. The Hall–Kier alpha value is -0.540. The largest absolute Gasteiger partial charge is 0.398 e. The maximum atomic E-state index is 5.82. The molecule has 0 radical (unpaired) electrons. The monoisotopic (exact) mass is 168 g/mol. The van der Waals surface area contributed by atoms with Crippen molar-refractivity contribution in [3.8, 4) is 0 Å². The first-order chi connectivity index (χ1) is 5.27. The summed E-state index contributed by atoms with van der Waals surface area (Å²) in [5.41, 5.74) is 13.9. The summed E-state index contributed by atoms with van der Waals surface area (Å²) < 4.78 is 0. The first-order valence-corrected chi connectivity index (χ1v) is 4.75. The number of nitrogens with two attached hydrogens (primary N) is 2. The molecule has 0 saturated carbocycles. The maximum Gasteiger partial charge on any atom is 0.0458 e. The molecule has 1 unspecified atom stereocenters. The summed E-state index contributed by atoms with van der Waals surface area (Å²) in [7, 11) is 0. The maximum absolute atomic E-state index is 5.82. The molecule has 1 aliphatic rings. The Bertz CT molecular complexity index is 267. The zero-order valence-electron chi connectivity index (χ0n) is 6.34. The van der Waals surface area contributed by atoms with Crippen molar-refractivity contribution in [3.63, 3.8) is 0 Å². The van der Waals surface area contributed by atoms with E-state index in [1.807, 2.05) is 5.38 Å². The van der Waals surface area contributed by atoms with E-state index in [2.05, 4.69) is 0 Å². The first-order valence-electron chi connectivity index (χ1n) is 3.87. The number of hydrogen-bond donors (Lipinski definition) is 2. The highest BCUT2D eigenvalue weighted by molar-refractivity contribution is 7.10. The van der Waals surface area contributed by atoms with Crippen molar-refractivity contribution in [2.45, 2.75) is 25.3 Å². The second kappa shape index (κ2) is 2.50. The smallest absolute Gasteiger partial charge is 0.0458 e. The molecule has 0 aromatic carbocycles. The van der Waals surface area contributed by atoms with Crippen LogP contribution in [0.25, 0.3) is 0 Å². The third kappa shape index (κ3) is 1.14. The number of rotatable bonds is 0. The first kappa shape index (κ1) is 7.13. The fraction of sp³-hybridized carbons (Fsp3) is 0.500. The van der Waals surface area contributed by atoms with Crippen molar-refractivity contribution >= 4 is 17.0 Å². The van der Waals surface area contributed by atoms with Gasteiger partial charge in [-0.3, -0.25) is 0 Å². The van der Waals surface area contributed by atoms with Crippen LogP contribution in [0.4, 0.5) is 5.69 Å². The highest BCUT2D eigenvalue weighted by atomic mass is 32.1. The average molecular weight is 168 g/mol. The van der Waals surface area contributed by atoms with E-state index < -0.39 is 0 Å². The van der Waals surface area contributed by atoms with Gasteiger partial charge >= 0.3 is 0 Å². The standard InChI is InChI=1S/C8H12N2S/c9-5-1-2-6-7(10)4-11-8(6)3-5/h4-5H,1-3,9-10H2. The fourth-order valence-corrected chi connectivity index (χ4v) is 2.65.